The third-order valence-corrected chi connectivity index (χ3v) is 6.82. The van der Waals surface area contributed by atoms with E-state index in [1.807, 2.05) is 6.07 Å². The van der Waals surface area contributed by atoms with Gasteiger partial charge in [0.15, 0.2) is 18.1 Å². The fourth-order valence-electron chi connectivity index (χ4n) is 3.21. The number of rotatable bonds is 9. The van der Waals surface area contributed by atoms with E-state index in [1.165, 1.54) is 18.9 Å². The number of ether oxygens (including phenoxy) is 4. The molecule has 1 aromatic rings. The SMILES string of the molecule is COCCCN1C(=O)/C(=C/c2cc(Br)c(OCC(=O)N3CCOCC3)c(OC)c2)SC1=S. The molecule has 2 fully saturated rings. The van der Waals surface area contributed by atoms with E-state index in [4.69, 9.17) is 31.2 Å². The summed E-state index contributed by atoms with van der Waals surface area (Å²) in [6.07, 6.45) is 2.48. The van der Waals surface area contributed by atoms with Crippen molar-refractivity contribution in [2.75, 3.05) is 60.3 Å². The van der Waals surface area contributed by atoms with Crippen LogP contribution in [0.5, 0.6) is 11.5 Å². The van der Waals surface area contributed by atoms with Gasteiger partial charge in [-0.25, -0.2) is 0 Å². The molecule has 1 aromatic carbocycles. The van der Waals surface area contributed by atoms with Gasteiger partial charge in [-0.3, -0.25) is 14.5 Å². The number of hydrogen-bond donors (Lipinski definition) is 0. The van der Waals surface area contributed by atoms with Crippen LogP contribution in [0.1, 0.15) is 12.0 Å². The van der Waals surface area contributed by atoms with Crippen LogP contribution in [0.25, 0.3) is 6.08 Å². The first-order valence-electron chi connectivity index (χ1n) is 10.0. The lowest BCUT2D eigenvalue weighted by Crippen LogP contribution is -2.43. The van der Waals surface area contributed by atoms with Crippen LogP contribution < -0.4 is 9.47 Å². The fraction of sp³-hybridized carbons (Fsp3) is 0.476. The normalized spacial score (nSPS) is 17.9. The molecule has 0 aliphatic carbocycles. The molecule has 2 amide bonds. The molecule has 8 nitrogen and oxygen atoms in total. The molecule has 0 saturated carbocycles. The smallest absolute Gasteiger partial charge is 0.266 e. The van der Waals surface area contributed by atoms with Crippen molar-refractivity contribution in [2.45, 2.75) is 6.42 Å². The highest BCUT2D eigenvalue weighted by Gasteiger charge is 2.31. The van der Waals surface area contributed by atoms with Gasteiger partial charge in [0.25, 0.3) is 11.8 Å². The largest absolute Gasteiger partial charge is 0.493 e. The molecule has 0 radical (unpaired) electrons. The van der Waals surface area contributed by atoms with Crippen LogP contribution >= 0.6 is 39.9 Å². The van der Waals surface area contributed by atoms with E-state index in [-0.39, 0.29) is 18.4 Å². The van der Waals surface area contributed by atoms with Gasteiger partial charge in [0.05, 0.1) is 29.7 Å². The monoisotopic (exact) mass is 544 g/mol. The number of thiocarbonyl (C=S) groups is 1. The lowest BCUT2D eigenvalue weighted by molar-refractivity contribution is -0.137. The molecule has 0 atom stereocenters. The first-order valence-corrected chi connectivity index (χ1v) is 12.1. The van der Waals surface area contributed by atoms with Crippen LogP contribution in [-0.4, -0.2) is 86.2 Å². The Hall–Kier alpha value is -1.66. The summed E-state index contributed by atoms with van der Waals surface area (Å²) >= 11 is 10.1. The zero-order valence-corrected chi connectivity index (χ0v) is 21.1. The maximum absolute atomic E-state index is 12.7. The Labute approximate surface area is 205 Å². The van der Waals surface area contributed by atoms with Gasteiger partial charge in [-0.2, -0.15) is 0 Å². The van der Waals surface area contributed by atoms with Crippen LogP contribution in [0.2, 0.25) is 0 Å². The van der Waals surface area contributed by atoms with Crippen molar-refractivity contribution in [3.8, 4) is 11.5 Å². The van der Waals surface area contributed by atoms with E-state index >= 15 is 0 Å². The summed E-state index contributed by atoms with van der Waals surface area (Å²) in [5.74, 6) is 0.653. The lowest BCUT2D eigenvalue weighted by Gasteiger charge is -2.27. The lowest BCUT2D eigenvalue weighted by atomic mass is 10.2. The van der Waals surface area contributed by atoms with Crippen molar-refractivity contribution in [1.29, 1.82) is 0 Å². The number of morpholine rings is 1. The van der Waals surface area contributed by atoms with Gasteiger partial charge >= 0.3 is 0 Å². The van der Waals surface area contributed by atoms with Gasteiger partial charge < -0.3 is 23.8 Å². The summed E-state index contributed by atoms with van der Waals surface area (Å²) in [7, 11) is 3.15. The molecule has 32 heavy (non-hydrogen) atoms. The van der Waals surface area contributed by atoms with Gasteiger partial charge in [-0.05, 0) is 46.1 Å². The molecular weight excluding hydrogens is 520 g/mol. The van der Waals surface area contributed by atoms with Crippen LogP contribution in [0, 0.1) is 0 Å². The Kier molecular flexibility index (Phi) is 9.35. The van der Waals surface area contributed by atoms with E-state index in [0.29, 0.717) is 71.1 Å². The molecule has 3 rings (SSSR count). The van der Waals surface area contributed by atoms with Crippen molar-refractivity contribution in [1.82, 2.24) is 9.80 Å². The molecule has 0 aromatic heterocycles. The minimum Gasteiger partial charge on any atom is -0.493 e. The molecule has 0 N–H and O–H groups in total. The number of halogens is 1. The van der Waals surface area contributed by atoms with Crippen molar-refractivity contribution in [3.05, 3.63) is 27.1 Å². The fourth-order valence-corrected chi connectivity index (χ4v) is 5.10. The van der Waals surface area contributed by atoms with Gasteiger partial charge in [0.2, 0.25) is 0 Å². The topological polar surface area (TPSA) is 77.5 Å². The van der Waals surface area contributed by atoms with Crippen molar-refractivity contribution in [2.24, 2.45) is 0 Å². The quantitative estimate of drug-likeness (QED) is 0.267. The molecule has 11 heteroatoms. The Balaban J connectivity index is 1.71. The standard InChI is InChI=1S/C21H25BrN2O6S2/c1-27-7-3-4-24-20(26)17(32-21(24)31)12-14-10-15(22)19(16(11-14)28-2)30-13-18(25)23-5-8-29-9-6-23/h10-12H,3-9,13H2,1-2H3/b17-12-. The first kappa shape index (κ1) is 25.0. The van der Waals surface area contributed by atoms with Gasteiger partial charge in [-0.15, -0.1) is 0 Å². The molecule has 2 aliphatic heterocycles. The number of benzene rings is 1. The second-order valence-electron chi connectivity index (χ2n) is 7.00. The summed E-state index contributed by atoms with van der Waals surface area (Å²) in [5, 5.41) is 0. The average Bonchev–Trinajstić information content (AvgIpc) is 3.05. The highest BCUT2D eigenvalue weighted by molar-refractivity contribution is 9.10. The second kappa shape index (κ2) is 12.0. The zero-order chi connectivity index (χ0) is 23.1. The minimum atomic E-state index is -0.123. The number of amides is 2. The zero-order valence-electron chi connectivity index (χ0n) is 17.9. The predicted molar refractivity (Wildman–Crippen MR) is 130 cm³/mol. The van der Waals surface area contributed by atoms with E-state index in [0.717, 1.165) is 5.56 Å². The van der Waals surface area contributed by atoms with Gasteiger partial charge in [0.1, 0.15) is 4.32 Å². The highest BCUT2D eigenvalue weighted by Crippen LogP contribution is 2.39. The molecule has 0 spiro atoms. The van der Waals surface area contributed by atoms with E-state index in [1.54, 1.807) is 29.1 Å². The summed E-state index contributed by atoms with van der Waals surface area (Å²) in [5.41, 5.74) is 0.748. The maximum Gasteiger partial charge on any atom is 0.266 e. The van der Waals surface area contributed by atoms with Crippen LogP contribution in [0.15, 0.2) is 21.5 Å². The molecule has 2 saturated heterocycles. The van der Waals surface area contributed by atoms with Crippen LogP contribution in [0.4, 0.5) is 0 Å². The van der Waals surface area contributed by atoms with Crippen molar-refractivity contribution >= 4 is 62.1 Å². The molecule has 0 bridgehead atoms. The summed E-state index contributed by atoms with van der Waals surface area (Å²) in [6.45, 7) is 3.17. The maximum atomic E-state index is 12.7. The molecule has 2 aliphatic rings. The number of thioether (sulfide) groups is 1. The Morgan fingerprint density at radius 2 is 2.06 bits per heavy atom. The highest BCUT2D eigenvalue weighted by atomic mass is 79.9. The summed E-state index contributed by atoms with van der Waals surface area (Å²) in [4.78, 5) is 29.0. The number of nitrogens with zero attached hydrogens (tertiary/aromatic N) is 2. The Morgan fingerprint density at radius 3 is 2.75 bits per heavy atom. The molecule has 174 valence electrons. The Bertz CT molecular complexity index is 905. The van der Waals surface area contributed by atoms with E-state index in [2.05, 4.69) is 15.9 Å². The van der Waals surface area contributed by atoms with Gasteiger partial charge in [0, 0.05) is 33.4 Å². The second-order valence-corrected chi connectivity index (χ2v) is 9.53. The average molecular weight is 545 g/mol. The van der Waals surface area contributed by atoms with Crippen molar-refractivity contribution in [3.63, 3.8) is 0 Å². The van der Waals surface area contributed by atoms with Crippen LogP contribution in [0.3, 0.4) is 0 Å². The predicted octanol–water partition coefficient (Wildman–Crippen LogP) is 2.93. The molecule has 2 heterocycles. The summed E-state index contributed by atoms with van der Waals surface area (Å²) in [6, 6.07) is 3.57. The number of hydrogen-bond acceptors (Lipinski definition) is 8. The van der Waals surface area contributed by atoms with Crippen molar-refractivity contribution < 1.29 is 28.5 Å². The third-order valence-electron chi connectivity index (χ3n) is 4.86. The van der Waals surface area contributed by atoms with E-state index in [9.17, 15) is 9.59 Å². The van der Waals surface area contributed by atoms with Crippen LogP contribution in [-0.2, 0) is 19.1 Å². The van der Waals surface area contributed by atoms with E-state index < -0.39 is 0 Å². The number of methoxy groups -OCH3 is 2. The number of carbonyl (C=O) groups is 2. The summed E-state index contributed by atoms with van der Waals surface area (Å²) < 4.78 is 22.7. The van der Waals surface area contributed by atoms with Gasteiger partial charge in [-0.1, -0.05) is 24.0 Å². The molecular formula is C21H25BrN2O6S2. The molecule has 0 unspecified atom stereocenters. The number of carbonyl (C=O) groups excluding carboxylic acids is 2. The minimum absolute atomic E-state index is 0.103. The Morgan fingerprint density at radius 1 is 1.31 bits per heavy atom. The first-order chi connectivity index (χ1) is 15.4. The third kappa shape index (κ3) is 6.22.